The lowest BCUT2D eigenvalue weighted by molar-refractivity contribution is -0.117. The molecule has 0 atom stereocenters. The maximum Gasteiger partial charge on any atom is 0.232 e. The number of nitrogens with zero attached hydrogens (tertiary/aromatic N) is 3. The van der Waals surface area contributed by atoms with E-state index >= 15 is 0 Å². The highest BCUT2D eigenvalue weighted by atomic mass is 16.2. The fourth-order valence-electron chi connectivity index (χ4n) is 2.86. The summed E-state index contributed by atoms with van der Waals surface area (Å²) in [5.41, 5.74) is 3.87. The summed E-state index contributed by atoms with van der Waals surface area (Å²) in [6.07, 6.45) is 4.70. The molecule has 0 fully saturated rings. The molecular weight excluding hydrogens is 310 g/mol. The van der Waals surface area contributed by atoms with Gasteiger partial charge in [-0.2, -0.15) is 0 Å². The highest BCUT2D eigenvalue weighted by Crippen LogP contribution is 2.27. The fourth-order valence-corrected chi connectivity index (χ4v) is 2.86. The van der Waals surface area contributed by atoms with Gasteiger partial charge in [-0.05, 0) is 29.7 Å². The number of anilines is 1. The summed E-state index contributed by atoms with van der Waals surface area (Å²) in [4.78, 5) is 23.0. The molecule has 1 amide bonds. The van der Waals surface area contributed by atoms with E-state index in [-0.39, 0.29) is 5.91 Å². The van der Waals surface area contributed by atoms with Crippen LogP contribution in [0.5, 0.6) is 0 Å². The van der Waals surface area contributed by atoms with Crippen LogP contribution >= 0.6 is 0 Å². The van der Waals surface area contributed by atoms with Crippen molar-refractivity contribution in [1.29, 1.82) is 0 Å². The molecule has 0 radical (unpaired) electrons. The Bertz CT molecular complexity index is 766. The van der Waals surface area contributed by atoms with Crippen molar-refractivity contribution in [3.05, 3.63) is 71.9 Å². The molecule has 2 aromatic rings. The molecule has 1 aromatic heterocycles. The van der Waals surface area contributed by atoms with Gasteiger partial charge in [-0.25, -0.2) is 4.98 Å². The minimum atomic E-state index is 0.0864. The van der Waals surface area contributed by atoms with Crippen LogP contribution in [0.15, 0.2) is 60.2 Å². The Balaban J connectivity index is 0.00000109. The molecule has 130 valence electrons. The smallest absolute Gasteiger partial charge is 0.232 e. The Morgan fingerprint density at radius 2 is 2.04 bits per heavy atom. The van der Waals surface area contributed by atoms with Gasteiger partial charge in [0.05, 0.1) is 12.1 Å². The molecule has 1 aliphatic heterocycles. The molecule has 0 saturated heterocycles. The molecule has 3 rings (SSSR count). The van der Waals surface area contributed by atoms with Gasteiger partial charge < -0.3 is 0 Å². The molecule has 0 saturated carbocycles. The number of rotatable bonds is 4. The van der Waals surface area contributed by atoms with Crippen LogP contribution in [0.2, 0.25) is 0 Å². The number of carbonyl (C=O) groups is 1. The first-order valence-electron chi connectivity index (χ1n) is 8.65. The number of hydrogen-bond acceptors (Lipinski definition) is 3. The van der Waals surface area contributed by atoms with Crippen LogP contribution in [0.4, 0.5) is 5.82 Å². The summed E-state index contributed by atoms with van der Waals surface area (Å²) < 4.78 is 0. The van der Waals surface area contributed by atoms with Gasteiger partial charge in [0.1, 0.15) is 5.82 Å². The molecule has 2 heterocycles. The normalized spacial score (nSPS) is 12.9. The third-order valence-corrected chi connectivity index (χ3v) is 4.03. The van der Waals surface area contributed by atoms with Gasteiger partial charge in [-0.3, -0.25) is 14.7 Å². The molecule has 0 spiro atoms. The highest BCUT2D eigenvalue weighted by molar-refractivity contribution is 6.08. The quantitative estimate of drug-likeness (QED) is 0.797. The van der Waals surface area contributed by atoms with Gasteiger partial charge in [0.15, 0.2) is 0 Å². The molecule has 0 N–H and O–H groups in total. The Labute approximate surface area is 149 Å². The van der Waals surface area contributed by atoms with Crippen LogP contribution in [-0.4, -0.2) is 30.2 Å². The van der Waals surface area contributed by atoms with Gasteiger partial charge in [0.2, 0.25) is 5.91 Å². The molecule has 25 heavy (non-hydrogen) atoms. The van der Waals surface area contributed by atoms with Gasteiger partial charge in [0, 0.05) is 25.4 Å². The third-order valence-electron chi connectivity index (χ3n) is 4.03. The average molecular weight is 335 g/mol. The molecule has 0 aliphatic carbocycles. The monoisotopic (exact) mass is 335 g/mol. The molecule has 0 unspecified atom stereocenters. The number of hydrogen-bond donors (Lipinski definition) is 0. The standard InChI is InChI=1S/C19H19N3O.C2H6/c1-3-17(20-2)16-12-15-9-10-22(19(15)21-13-16)18(23)11-14-7-5-4-6-8-14;1-2/h3-8,12-13H,1,9-11H2,2H3;1-2H3. The minimum absolute atomic E-state index is 0.0864. The summed E-state index contributed by atoms with van der Waals surface area (Å²) >= 11 is 0. The number of benzene rings is 1. The number of aromatic nitrogens is 1. The lowest BCUT2D eigenvalue weighted by atomic mass is 10.1. The Morgan fingerprint density at radius 3 is 2.68 bits per heavy atom. The van der Waals surface area contributed by atoms with Crippen LogP contribution in [0.1, 0.15) is 30.5 Å². The van der Waals surface area contributed by atoms with E-state index in [1.807, 2.05) is 44.2 Å². The van der Waals surface area contributed by atoms with E-state index in [0.717, 1.165) is 34.6 Å². The molecular formula is C21H25N3O. The zero-order chi connectivity index (χ0) is 18.2. The number of allylic oxidation sites excluding steroid dienone is 1. The van der Waals surface area contributed by atoms with Crippen molar-refractivity contribution in [1.82, 2.24) is 4.98 Å². The maximum absolute atomic E-state index is 12.6. The second kappa shape index (κ2) is 8.92. The number of amides is 1. The van der Waals surface area contributed by atoms with Crippen LogP contribution in [0, 0.1) is 0 Å². The summed E-state index contributed by atoms with van der Waals surface area (Å²) in [6.45, 7) is 8.45. The first kappa shape index (κ1) is 18.6. The average Bonchev–Trinajstić information content (AvgIpc) is 3.09. The summed E-state index contributed by atoms with van der Waals surface area (Å²) in [7, 11) is 1.74. The lowest BCUT2D eigenvalue weighted by Crippen LogP contribution is -2.30. The highest BCUT2D eigenvalue weighted by Gasteiger charge is 2.26. The predicted molar refractivity (Wildman–Crippen MR) is 104 cm³/mol. The molecule has 4 heteroatoms. The zero-order valence-electron chi connectivity index (χ0n) is 15.2. The zero-order valence-corrected chi connectivity index (χ0v) is 15.2. The Hall–Kier alpha value is -2.75. The first-order chi connectivity index (χ1) is 12.2. The van der Waals surface area contributed by atoms with Gasteiger partial charge >= 0.3 is 0 Å². The third kappa shape index (κ3) is 4.21. The van der Waals surface area contributed by atoms with Crippen molar-refractivity contribution < 1.29 is 4.79 Å². The second-order valence-corrected chi connectivity index (χ2v) is 5.48. The maximum atomic E-state index is 12.6. The van der Waals surface area contributed by atoms with Gasteiger partial charge in [0.25, 0.3) is 0 Å². The lowest BCUT2D eigenvalue weighted by Gasteiger charge is -2.16. The van der Waals surface area contributed by atoms with Crippen LogP contribution < -0.4 is 4.90 Å². The van der Waals surface area contributed by atoms with E-state index in [2.05, 4.69) is 22.6 Å². The largest absolute Gasteiger partial charge is 0.296 e. The van der Waals surface area contributed by atoms with Gasteiger partial charge in [-0.1, -0.05) is 50.8 Å². The van der Waals surface area contributed by atoms with Crippen molar-refractivity contribution in [2.24, 2.45) is 4.99 Å². The fraction of sp³-hybridized carbons (Fsp3) is 0.286. The molecule has 4 nitrogen and oxygen atoms in total. The SMILES string of the molecule is C=CC(=NC)c1cnc2c(c1)CCN2C(=O)Cc1ccccc1.CC. The number of pyridine rings is 1. The van der Waals surface area contributed by atoms with E-state index in [0.29, 0.717) is 13.0 Å². The van der Waals surface area contributed by atoms with Gasteiger partial charge in [-0.15, -0.1) is 0 Å². The van der Waals surface area contributed by atoms with E-state index in [9.17, 15) is 4.79 Å². The topological polar surface area (TPSA) is 45.6 Å². The predicted octanol–water partition coefficient (Wildman–Crippen LogP) is 3.84. The van der Waals surface area contributed by atoms with Crippen molar-refractivity contribution in [3.8, 4) is 0 Å². The van der Waals surface area contributed by atoms with Crippen LogP contribution in [0.3, 0.4) is 0 Å². The number of aliphatic imine (C=N–C) groups is 1. The van der Waals surface area contributed by atoms with Crippen molar-refractivity contribution in [2.45, 2.75) is 26.7 Å². The van der Waals surface area contributed by atoms with E-state index in [4.69, 9.17) is 0 Å². The Kier molecular flexibility index (Phi) is 6.63. The summed E-state index contributed by atoms with van der Waals surface area (Å²) in [5.74, 6) is 0.859. The van der Waals surface area contributed by atoms with Crippen molar-refractivity contribution in [3.63, 3.8) is 0 Å². The van der Waals surface area contributed by atoms with E-state index < -0.39 is 0 Å². The van der Waals surface area contributed by atoms with Crippen LogP contribution in [-0.2, 0) is 17.6 Å². The number of fused-ring (bicyclic) bond motifs is 1. The molecule has 0 bridgehead atoms. The second-order valence-electron chi connectivity index (χ2n) is 5.48. The minimum Gasteiger partial charge on any atom is -0.296 e. The number of carbonyl (C=O) groups excluding carboxylic acids is 1. The van der Waals surface area contributed by atoms with E-state index in [1.54, 1.807) is 24.2 Å². The molecule has 1 aliphatic rings. The van der Waals surface area contributed by atoms with Crippen molar-refractivity contribution >= 4 is 17.4 Å². The molecule has 1 aromatic carbocycles. The van der Waals surface area contributed by atoms with Crippen molar-refractivity contribution in [2.75, 3.05) is 18.5 Å². The summed E-state index contributed by atoms with van der Waals surface area (Å²) in [6, 6.07) is 11.9. The van der Waals surface area contributed by atoms with Crippen LogP contribution in [0.25, 0.3) is 0 Å². The van der Waals surface area contributed by atoms with E-state index in [1.165, 1.54) is 0 Å². The Morgan fingerprint density at radius 1 is 1.32 bits per heavy atom. The summed E-state index contributed by atoms with van der Waals surface area (Å²) in [5, 5.41) is 0. The first-order valence-corrected chi connectivity index (χ1v) is 8.65.